The number of hydrogen-bond donors (Lipinski definition) is 1. The Labute approximate surface area is 99.0 Å². The third-order valence-electron chi connectivity index (χ3n) is 2.77. The monoisotopic (exact) mass is 234 g/mol. The number of aryl methyl sites for hydroxylation is 1. The maximum Gasteiger partial charge on any atom is 0.244 e. The van der Waals surface area contributed by atoms with Crippen molar-refractivity contribution in [3.63, 3.8) is 0 Å². The highest BCUT2D eigenvalue weighted by atomic mass is 35.5. The first-order valence-corrected chi connectivity index (χ1v) is 5.44. The Balaban J connectivity index is 2.16. The van der Waals surface area contributed by atoms with Gasteiger partial charge in [0.2, 0.25) is 5.91 Å². The van der Waals surface area contributed by atoms with Gasteiger partial charge in [-0.1, -0.05) is 17.7 Å². The molecule has 0 radical (unpaired) electrons. The standard InChI is InChI=1S/C12H11ClN2O/c1-8-2-3-10(9(13)6-8)15-11(16)12(7-14)4-5-12/h2-3,6H,4-5H2,1H3,(H,15,16). The van der Waals surface area contributed by atoms with Gasteiger partial charge in [0.1, 0.15) is 5.41 Å². The van der Waals surface area contributed by atoms with Crippen LogP contribution >= 0.6 is 11.6 Å². The van der Waals surface area contributed by atoms with Crippen LogP contribution in [0.2, 0.25) is 5.02 Å². The predicted molar refractivity (Wildman–Crippen MR) is 62.1 cm³/mol. The Hall–Kier alpha value is -1.53. The summed E-state index contributed by atoms with van der Waals surface area (Å²) in [5.41, 5.74) is 0.789. The molecule has 0 unspecified atom stereocenters. The van der Waals surface area contributed by atoms with Crippen molar-refractivity contribution in [2.75, 3.05) is 5.32 Å². The second-order valence-corrected chi connectivity index (χ2v) is 4.54. The normalized spacial score (nSPS) is 16.3. The number of nitriles is 1. The Bertz CT molecular complexity index is 486. The summed E-state index contributed by atoms with van der Waals surface area (Å²) in [6, 6.07) is 7.45. The molecule has 82 valence electrons. The second kappa shape index (κ2) is 3.80. The van der Waals surface area contributed by atoms with Gasteiger partial charge in [0, 0.05) is 0 Å². The number of rotatable bonds is 2. The zero-order chi connectivity index (χ0) is 11.8. The summed E-state index contributed by atoms with van der Waals surface area (Å²) >= 11 is 5.99. The maximum absolute atomic E-state index is 11.8. The largest absolute Gasteiger partial charge is 0.323 e. The number of nitrogens with one attached hydrogen (secondary N) is 1. The third-order valence-corrected chi connectivity index (χ3v) is 3.08. The Morgan fingerprint density at radius 3 is 2.75 bits per heavy atom. The first-order valence-electron chi connectivity index (χ1n) is 5.06. The Morgan fingerprint density at radius 2 is 2.25 bits per heavy atom. The quantitative estimate of drug-likeness (QED) is 0.856. The van der Waals surface area contributed by atoms with Gasteiger partial charge in [0.25, 0.3) is 0 Å². The van der Waals surface area contributed by atoms with Crippen LogP contribution in [0.1, 0.15) is 18.4 Å². The minimum absolute atomic E-state index is 0.249. The Morgan fingerprint density at radius 1 is 1.56 bits per heavy atom. The number of hydrogen-bond acceptors (Lipinski definition) is 2. The molecular formula is C12H11ClN2O. The van der Waals surface area contributed by atoms with E-state index in [0.29, 0.717) is 23.6 Å². The summed E-state index contributed by atoms with van der Waals surface area (Å²) < 4.78 is 0. The van der Waals surface area contributed by atoms with E-state index in [2.05, 4.69) is 5.32 Å². The average molecular weight is 235 g/mol. The summed E-state index contributed by atoms with van der Waals surface area (Å²) in [4.78, 5) is 11.8. The third kappa shape index (κ3) is 1.89. The van der Waals surface area contributed by atoms with Crippen molar-refractivity contribution < 1.29 is 4.79 Å². The number of nitrogens with zero attached hydrogens (tertiary/aromatic N) is 1. The van der Waals surface area contributed by atoms with Gasteiger partial charge in [-0.3, -0.25) is 4.79 Å². The molecule has 1 aromatic carbocycles. The zero-order valence-corrected chi connectivity index (χ0v) is 9.64. The predicted octanol–water partition coefficient (Wildman–Crippen LogP) is 2.89. The van der Waals surface area contributed by atoms with Crippen molar-refractivity contribution in [3.05, 3.63) is 28.8 Å². The van der Waals surface area contributed by atoms with E-state index in [4.69, 9.17) is 16.9 Å². The van der Waals surface area contributed by atoms with Crippen LogP contribution in [0.15, 0.2) is 18.2 Å². The first-order chi connectivity index (χ1) is 7.57. The van der Waals surface area contributed by atoms with Gasteiger partial charge in [-0.2, -0.15) is 5.26 Å². The van der Waals surface area contributed by atoms with Crippen LogP contribution < -0.4 is 5.32 Å². The molecule has 16 heavy (non-hydrogen) atoms. The summed E-state index contributed by atoms with van der Waals surface area (Å²) in [5, 5.41) is 12.1. The highest BCUT2D eigenvalue weighted by Crippen LogP contribution is 2.46. The minimum Gasteiger partial charge on any atom is -0.323 e. The molecule has 1 amide bonds. The van der Waals surface area contributed by atoms with Crippen LogP contribution in [-0.4, -0.2) is 5.91 Å². The van der Waals surface area contributed by atoms with Crippen molar-refractivity contribution in [3.8, 4) is 6.07 Å². The van der Waals surface area contributed by atoms with Gasteiger partial charge in [-0.15, -0.1) is 0 Å². The van der Waals surface area contributed by atoms with E-state index in [0.717, 1.165) is 5.56 Å². The number of anilines is 1. The van der Waals surface area contributed by atoms with Gasteiger partial charge in [-0.25, -0.2) is 0 Å². The van der Waals surface area contributed by atoms with Crippen LogP contribution in [0.25, 0.3) is 0 Å². The molecule has 0 aromatic heterocycles. The SMILES string of the molecule is Cc1ccc(NC(=O)C2(C#N)CC2)c(Cl)c1. The van der Waals surface area contributed by atoms with E-state index in [9.17, 15) is 4.79 Å². The molecule has 1 aromatic rings. The fraction of sp³-hybridized carbons (Fsp3) is 0.333. The lowest BCUT2D eigenvalue weighted by atomic mass is 10.1. The molecule has 0 spiro atoms. The zero-order valence-electron chi connectivity index (χ0n) is 8.88. The fourth-order valence-corrected chi connectivity index (χ4v) is 1.76. The Kier molecular flexibility index (Phi) is 2.61. The van der Waals surface area contributed by atoms with Gasteiger partial charge < -0.3 is 5.32 Å². The van der Waals surface area contributed by atoms with E-state index in [1.807, 2.05) is 19.1 Å². The lowest BCUT2D eigenvalue weighted by Gasteiger charge is -2.10. The van der Waals surface area contributed by atoms with E-state index < -0.39 is 5.41 Å². The lowest BCUT2D eigenvalue weighted by Crippen LogP contribution is -2.22. The molecule has 0 atom stereocenters. The number of halogens is 1. The van der Waals surface area contributed by atoms with Crippen molar-refractivity contribution in [2.24, 2.45) is 5.41 Å². The molecule has 0 saturated heterocycles. The van der Waals surface area contributed by atoms with E-state index in [-0.39, 0.29) is 5.91 Å². The van der Waals surface area contributed by atoms with Crippen molar-refractivity contribution >= 4 is 23.2 Å². The molecule has 4 heteroatoms. The number of carbonyl (C=O) groups excluding carboxylic acids is 1. The molecule has 1 fully saturated rings. The number of carbonyl (C=O) groups is 1. The number of amides is 1. The van der Waals surface area contributed by atoms with Crippen LogP contribution in [0.4, 0.5) is 5.69 Å². The first kappa shape index (κ1) is 11.0. The highest BCUT2D eigenvalue weighted by molar-refractivity contribution is 6.33. The van der Waals surface area contributed by atoms with Crippen LogP contribution in [-0.2, 0) is 4.79 Å². The molecule has 0 bridgehead atoms. The highest BCUT2D eigenvalue weighted by Gasteiger charge is 2.50. The molecule has 2 rings (SSSR count). The van der Waals surface area contributed by atoms with Crippen LogP contribution in [0.5, 0.6) is 0 Å². The number of benzene rings is 1. The topological polar surface area (TPSA) is 52.9 Å². The smallest absolute Gasteiger partial charge is 0.244 e. The van der Waals surface area contributed by atoms with E-state index in [1.165, 1.54) is 0 Å². The van der Waals surface area contributed by atoms with Crippen LogP contribution in [0, 0.1) is 23.7 Å². The van der Waals surface area contributed by atoms with Crippen molar-refractivity contribution in [1.82, 2.24) is 0 Å². The summed E-state index contributed by atoms with van der Waals surface area (Å²) in [6.45, 7) is 1.93. The van der Waals surface area contributed by atoms with E-state index in [1.54, 1.807) is 12.1 Å². The van der Waals surface area contributed by atoms with Gasteiger partial charge >= 0.3 is 0 Å². The van der Waals surface area contributed by atoms with Crippen molar-refractivity contribution in [1.29, 1.82) is 5.26 Å². The van der Waals surface area contributed by atoms with Gasteiger partial charge in [0.05, 0.1) is 16.8 Å². The fourth-order valence-electron chi connectivity index (χ4n) is 1.48. The molecule has 1 aliphatic carbocycles. The molecule has 0 aliphatic heterocycles. The second-order valence-electron chi connectivity index (χ2n) is 4.13. The van der Waals surface area contributed by atoms with Gasteiger partial charge in [-0.05, 0) is 37.5 Å². The summed E-state index contributed by atoms with van der Waals surface area (Å²) in [7, 11) is 0. The summed E-state index contributed by atoms with van der Waals surface area (Å²) in [5.74, 6) is -0.249. The summed E-state index contributed by atoms with van der Waals surface area (Å²) in [6.07, 6.45) is 1.28. The molecule has 1 N–H and O–H groups in total. The average Bonchev–Trinajstić information content (AvgIpc) is 3.03. The molecule has 1 saturated carbocycles. The molecule has 0 heterocycles. The van der Waals surface area contributed by atoms with Gasteiger partial charge in [0.15, 0.2) is 0 Å². The molecule has 3 nitrogen and oxygen atoms in total. The lowest BCUT2D eigenvalue weighted by molar-refractivity contribution is -0.119. The molecule has 1 aliphatic rings. The maximum atomic E-state index is 11.8. The van der Waals surface area contributed by atoms with E-state index >= 15 is 0 Å². The van der Waals surface area contributed by atoms with Crippen molar-refractivity contribution in [2.45, 2.75) is 19.8 Å². The minimum atomic E-state index is -0.811. The molecular weight excluding hydrogens is 224 g/mol. The van der Waals surface area contributed by atoms with Crippen LogP contribution in [0.3, 0.4) is 0 Å².